The highest BCUT2D eigenvalue weighted by Gasteiger charge is 2.34. The van der Waals surface area contributed by atoms with Crippen LogP contribution < -0.4 is 5.32 Å². The van der Waals surface area contributed by atoms with E-state index >= 15 is 0 Å². The van der Waals surface area contributed by atoms with Crippen LogP contribution in [0, 0.1) is 0 Å². The van der Waals surface area contributed by atoms with Gasteiger partial charge in [0.1, 0.15) is 6.04 Å². The summed E-state index contributed by atoms with van der Waals surface area (Å²) in [6.45, 7) is 4.05. The second-order valence-electron chi connectivity index (χ2n) is 4.42. The van der Waals surface area contributed by atoms with Gasteiger partial charge < -0.3 is 20.4 Å². The van der Waals surface area contributed by atoms with E-state index in [4.69, 9.17) is 5.11 Å². The Morgan fingerprint density at radius 2 is 2.19 bits per heavy atom. The number of carboxylic acid groups (broad SMARTS) is 1. The van der Waals surface area contributed by atoms with Crippen molar-refractivity contribution in [3.05, 3.63) is 0 Å². The molecule has 0 aromatic rings. The number of aliphatic carboxylic acids is 1. The number of carboxylic acids is 1. The Morgan fingerprint density at radius 1 is 1.56 bits per heavy atom. The maximum absolute atomic E-state index is 11.6. The van der Waals surface area contributed by atoms with E-state index in [1.807, 2.05) is 0 Å². The summed E-state index contributed by atoms with van der Waals surface area (Å²) in [5.74, 6) is -1.04. The van der Waals surface area contributed by atoms with Crippen molar-refractivity contribution in [2.24, 2.45) is 0 Å². The van der Waals surface area contributed by atoms with Gasteiger partial charge in [0.25, 0.3) is 0 Å². The van der Waals surface area contributed by atoms with Crippen LogP contribution in [0.5, 0.6) is 0 Å². The summed E-state index contributed by atoms with van der Waals surface area (Å²) < 4.78 is 0. The molecule has 3 N–H and O–H groups in total. The van der Waals surface area contributed by atoms with Gasteiger partial charge in [0.05, 0.1) is 12.1 Å². The van der Waals surface area contributed by atoms with Crippen LogP contribution in [0.15, 0.2) is 0 Å². The standard InChI is InChI=1S/C10H18N2O4/c1-3-7(8(13)14)11-9(15)12-5-4-10(2,16)6-12/h7,16H,3-6H2,1-2H3,(H,11,15)(H,13,14). The number of β-amino-alcohol motifs (C(OH)–C–C–N with tert-alkyl or cyclic N) is 1. The van der Waals surface area contributed by atoms with E-state index < -0.39 is 23.6 Å². The summed E-state index contributed by atoms with van der Waals surface area (Å²) >= 11 is 0. The van der Waals surface area contributed by atoms with Crippen molar-refractivity contribution in [1.29, 1.82) is 0 Å². The van der Waals surface area contributed by atoms with Gasteiger partial charge in [-0.1, -0.05) is 6.92 Å². The molecule has 1 heterocycles. The Bertz CT molecular complexity index is 291. The Kier molecular flexibility index (Phi) is 3.74. The predicted octanol–water partition coefficient (Wildman–Crippen LogP) is 0.0159. The highest BCUT2D eigenvalue weighted by atomic mass is 16.4. The van der Waals surface area contributed by atoms with Crippen molar-refractivity contribution in [2.75, 3.05) is 13.1 Å². The van der Waals surface area contributed by atoms with Crippen LogP contribution in [0.25, 0.3) is 0 Å². The molecule has 0 aliphatic carbocycles. The number of amides is 2. The summed E-state index contributed by atoms with van der Waals surface area (Å²) in [5, 5.41) is 20.9. The monoisotopic (exact) mass is 230 g/mol. The summed E-state index contributed by atoms with van der Waals surface area (Å²) in [6, 6.07) is -1.29. The van der Waals surface area contributed by atoms with Gasteiger partial charge >= 0.3 is 12.0 Å². The van der Waals surface area contributed by atoms with Crippen molar-refractivity contribution in [2.45, 2.75) is 38.3 Å². The minimum absolute atomic E-state index is 0.245. The van der Waals surface area contributed by atoms with E-state index in [-0.39, 0.29) is 6.54 Å². The van der Waals surface area contributed by atoms with Crippen molar-refractivity contribution in [1.82, 2.24) is 10.2 Å². The molecule has 2 atom stereocenters. The molecule has 0 bridgehead atoms. The quantitative estimate of drug-likeness (QED) is 0.637. The smallest absolute Gasteiger partial charge is 0.326 e. The van der Waals surface area contributed by atoms with Gasteiger partial charge in [0.15, 0.2) is 0 Å². The van der Waals surface area contributed by atoms with Crippen molar-refractivity contribution >= 4 is 12.0 Å². The molecule has 0 aromatic carbocycles. The molecule has 6 heteroatoms. The minimum Gasteiger partial charge on any atom is -0.480 e. The molecule has 0 aromatic heterocycles. The lowest BCUT2D eigenvalue weighted by Crippen LogP contribution is -2.47. The number of hydrogen-bond acceptors (Lipinski definition) is 3. The number of aliphatic hydroxyl groups is 1. The molecule has 2 unspecified atom stereocenters. The normalized spacial score (nSPS) is 26.6. The third kappa shape index (κ3) is 3.10. The first-order valence-corrected chi connectivity index (χ1v) is 5.36. The first-order chi connectivity index (χ1) is 7.35. The molecule has 92 valence electrons. The average molecular weight is 230 g/mol. The van der Waals surface area contributed by atoms with Crippen LogP contribution in [0.4, 0.5) is 4.79 Å². The van der Waals surface area contributed by atoms with Gasteiger partial charge in [-0.15, -0.1) is 0 Å². The van der Waals surface area contributed by atoms with Gasteiger partial charge in [-0.25, -0.2) is 9.59 Å². The Balaban J connectivity index is 2.50. The Hall–Kier alpha value is -1.30. The molecule has 1 rings (SSSR count). The lowest BCUT2D eigenvalue weighted by Gasteiger charge is -2.21. The third-order valence-electron chi connectivity index (χ3n) is 2.74. The van der Waals surface area contributed by atoms with Crippen molar-refractivity contribution in [3.8, 4) is 0 Å². The van der Waals surface area contributed by atoms with E-state index in [2.05, 4.69) is 5.32 Å². The van der Waals surface area contributed by atoms with E-state index in [0.29, 0.717) is 19.4 Å². The maximum Gasteiger partial charge on any atom is 0.326 e. The fourth-order valence-corrected chi connectivity index (χ4v) is 1.70. The molecule has 1 fully saturated rings. The van der Waals surface area contributed by atoms with Gasteiger partial charge in [-0.05, 0) is 19.8 Å². The van der Waals surface area contributed by atoms with Crippen molar-refractivity contribution in [3.63, 3.8) is 0 Å². The molecule has 6 nitrogen and oxygen atoms in total. The van der Waals surface area contributed by atoms with E-state index in [1.54, 1.807) is 13.8 Å². The van der Waals surface area contributed by atoms with Crippen LogP contribution in [0.3, 0.4) is 0 Å². The fraction of sp³-hybridized carbons (Fsp3) is 0.800. The molecule has 1 aliphatic rings. The number of urea groups is 1. The van der Waals surface area contributed by atoms with Gasteiger partial charge in [0.2, 0.25) is 0 Å². The number of nitrogens with zero attached hydrogens (tertiary/aromatic N) is 1. The number of hydrogen-bond donors (Lipinski definition) is 3. The number of nitrogens with one attached hydrogen (secondary N) is 1. The number of carbonyl (C=O) groups is 2. The number of rotatable bonds is 3. The lowest BCUT2D eigenvalue weighted by molar-refractivity contribution is -0.139. The zero-order valence-corrected chi connectivity index (χ0v) is 9.56. The summed E-state index contributed by atoms with van der Waals surface area (Å²) in [4.78, 5) is 23.8. The number of likely N-dealkylation sites (tertiary alicyclic amines) is 1. The summed E-state index contributed by atoms with van der Waals surface area (Å²) in [6.07, 6.45) is 0.857. The largest absolute Gasteiger partial charge is 0.480 e. The molecular weight excluding hydrogens is 212 g/mol. The molecule has 16 heavy (non-hydrogen) atoms. The van der Waals surface area contributed by atoms with Gasteiger partial charge in [0, 0.05) is 6.54 Å². The lowest BCUT2D eigenvalue weighted by atomic mass is 10.1. The topological polar surface area (TPSA) is 89.9 Å². The van der Waals surface area contributed by atoms with Crippen LogP contribution in [-0.4, -0.2) is 51.8 Å². The molecule has 0 saturated carbocycles. The van der Waals surface area contributed by atoms with Crippen LogP contribution >= 0.6 is 0 Å². The molecule has 0 radical (unpaired) electrons. The molecular formula is C10H18N2O4. The van der Waals surface area contributed by atoms with Crippen molar-refractivity contribution < 1.29 is 19.8 Å². The van der Waals surface area contributed by atoms with Gasteiger partial charge in [-0.2, -0.15) is 0 Å². The first-order valence-electron chi connectivity index (χ1n) is 5.36. The molecule has 1 aliphatic heterocycles. The second-order valence-corrected chi connectivity index (χ2v) is 4.42. The van der Waals surface area contributed by atoms with Crippen LogP contribution in [0.1, 0.15) is 26.7 Å². The average Bonchev–Trinajstić information content (AvgIpc) is 2.54. The van der Waals surface area contributed by atoms with E-state index in [1.165, 1.54) is 4.90 Å². The zero-order chi connectivity index (χ0) is 12.3. The molecule has 0 spiro atoms. The fourth-order valence-electron chi connectivity index (χ4n) is 1.70. The maximum atomic E-state index is 11.6. The third-order valence-corrected chi connectivity index (χ3v) is 2.74. The Labute approximate surface area is 94.2 Å². The second kappa shape index (κ2) is 4.69. The van der Waals surface area contributed by atoms with E-state index in [9.17, 15) is 14.7 Å². The van der Waals surface area contributed by atoms with Gasteiger partial charge in [-0.3, -0.25) is 0 Å². The highest BCUT2D eigenvalue weighted by Crippen LogP contribution is 2.20. The van der Waals surface area contributed by atoms with Crippen LogP contribution in [-0.2, 0) is 4.79 Å². The SMILES string of the molecule is CCC(NC(=O)N1CCC(C)(O)C1)C(=O)O. The minimum atomic E-state index is -1.04. The summed E-state index contributed by atoms with van der Waals surface area (Å²) in [5.41, 5.74) is -0.859. The molecule has 1 saturated heterocycles. The highest BCUT2D eigenvalue weighted by molar-refractivity contribution is 5.82. The van der Waals surface area contributed by atoms with Crippen LogP contribution in [0.2, 0.25) is 0 Å². The number of carbonyl (C=O) groups excluding carboxylic acids is 1. The summed E-state index contributed by atoms with van der Waals surface area (Å²) in [7, 11) is 0. The Morgan fingerprint density at radius 3 is 2.56 bits per heavy atom. The molecule has 2 amide bonds. The van der Waals surface area contributed by atoms with E-state index in [0.717, 1.165) is 0 Å². The first kappa shape index (κ1) is 12.8. The predicted molar refractivity (Wildman–Crippen MR) is 57.1 cm³/mol. The zero-order valence-electron chi connectivity index (χ0n) is 9.56.